The number of hydrogen-bond donors (Lipinski definition) is 1. The van der Waals surface area contributed by atoms with Gasteiger partial charge in [-0.3, -0.25) is 4.79 Å². The second kappa shape index (κ2) is 5.55. The number of aromatic nitrogens is 1. The smallest absolute Gasteiger partial charge is 0.219 e. The Kier molecular flexibility index (Phi) is 3.75. The molecule has 1 amide bonds. The summed E-state index contributed by atoms with van der Waals surface area (Å²) in [6.07, 6.45) is 2.25. The summed E-state index contributed by atoms with van der Waals surface area (Å²) in [5.41, 5.74) is 3.40. The SMILES string of the molecule is C.CC.[2H]C1c2[nH]c3ccccc3c2C2(CC2)CN1C(C)=O. The summed E-state index contributed by atoms with van der Waals surface area (Å²) >= 11 is 0. The first kappa shape index (κ1) is 14.2. The quantitative estimate of drug-likeness (QED) is 0.773. The molecule has 1 saturated carbocycles. The summed E-state index contributed by atoms with van der Waals surface area (Å²) in [7, 11) is 0. The molecule has 1 unspecified atom stereocenters. The summed E-state index contributed by atoms with van der Waals surface area (Å²) in [5, 5.41) is 1.23. The molecule has 1 atom stereocenters. The fourth-order valence-corrected chi connectivity index (χ4v) is 3.20. The number of aromatic amines is 1. The predicted molar refractivity (Wildman–Crippen MR) is 88.4 cm³/mol. The van der Waals surface area contributed by atoms with Gasteiger partial charge in [-0.15, -0.1) is 0 Å². The average Bonchev–Trinajstić information content (AvgIpc) is 3.15. The van der Waals surface area contributed by atoms with Crippen molar-refractivity contribution in [3.05, 3.63) is 35.5 Å². The van der Waals surface area contributed by atoms with Crippen LogP contribution in [-0.4, -0.2) is 22.3 Å². The van der Waals surface area contributed by atoms with E-state index in [0.29, 0.717) is 6.54 Å². The number of fused-ring (bicyclic) bond motifs is 4. The van der Waals surface area contributed by atoms with Crippen LogP contribution in [0, 0.1) is 0 Å². The van der Waals surface area contributed by atoms with E-state index in [1.807, 2.05) is 26.0 Å². The summed E-state index contributed by atoms with van der Waals surface area (Å²) < 4.78 is 8.35. The number of carbonyl (C=O) groups excluding carboxylic acids is 1. The van der Waals surface area contributed by atoms with E-state index >= 15 is 0 Å². The van der Waals surface area contributed by atoms with E-state index in [1.54, 1.807) is 11.8 Å². The molecule has 1 aromatic heterocycles. The van der Waals surface area contributed by atoms with Crippen LogP contribution >= 0.6 is 0 Å². The van der Waals surface area contributed by atoms with Crippen molar-refractivity contribution in [3.63, 3.8) is 0 Å². The highest BCUT2D eigenvalue weighted by molar-refractivity contribution is 5.87. The lowest BCUT2D eigenvalue weighted by molar-refractivity contribution is -0.130. The fourth-order valence-electron chi connectivity index (χ4n) is 3.20. The van der Waals surface area contributed by atoms with Gasteiger partial charge in [0.25, 0.3) is 0 Å². The minimum absolute atomic E-state index is 0. The van der Waals surface area contributed by atoms with Crippen molar-refractivity contribution < 1.29 is 6.17 Å². The van der Waals surface area contributed by atoms with Gasteiger partial charge in [0.15, 0.2) is 0 Å². The molecule has 1 N–H and O–H groups in total. The predicted octanol–water partition coefficient (Wildman–Crippen LogP) is 4.22. The highest BCUT2D eigenvalue weighted by Crippen LogP contribution is 2.54. The number of nitrogens with one attached hydrogen (secondary N) is 1. The average molecular weight is 287 g/mol. The molecular weight excluding hydrogens is 260 g/mol. The zero-order valence-electron chi connectivity index (χ0n) is 13.4. The zero-order valence-corrected chi connectivity index (χ0v) is 12.4. The molecule has 0 radical (unpaired) electrons. The molecule has 114 valence electrons. The van der Waals surface area contributed by atoms with Crippen molar-refractivity contribution in [3.8, 4) is 0 Å². The molecule has 3 heteroatoms. The molecule has 1 fully saturated rings. The summed E-state index contributed by atoms with van der Waals surface area (Å²) in [6, 6.07) is 8.23. The maximum Gasteiger partial charge on any atom is 0.219 e. The van der Waals surface area contributed by atoms with Gasteiger partial charge in [0.2, 0.25) is 5.91 Å². The van der Waals surface area contributed by atoms with Crippen LogP contribution in [0.2, 0.25) is 0 Å². The highest BCUT2D eigenvalue weighted by Gasteiger charge is 2.51. The van der Waals surface area contributed by atoms with Crippen LogP contribution in [0.3, 0.4) is 0 Å². The van der Waals surface area contributed by atoms with E-state index in [2.05, 4.69) is 17.1 Å². The Bertz CT molecular complexity index is 687. The first-order valence-electron chi connectivity index (χ1n) is 8.01. The number of nitrogens with zero attached hydrogens (tertiary/aromatic N) is 1. The molecule has 2 heterocycles. The Labute approximate surface area is 128 Å². The molecule has 1 aromatic carbocycles. The first-order chi connectivity index (χ1) is 10.1. The number of carbonyl (C=O) groups is 1. The standard InChI is InChI=1S/C15H16N2O.C2H6.CH4/c1-10(18)17-8-13-14(15(9-17)6-7-15)11-4-2-3-5-12(11)16-13;1-2;/h2-5,16H,6-9H2,1H3;1-2H3;1H4/i8D;;. The van der Waals surface area contributed by atoms with Crippen LogP contribution in [0.1, 0.15) is 53.7 Å². The maximum atomic E-state index is 11.7. The van der Waals surface area contributed by atoms with Gasteiger partial charge in [-0.25, -0.2) is 0 Å². The van der Waals surface area contributed by atoms with Crippen LogP contribution in [0.5, 0.6) is 0 Å². The fraction of sp³-hybridized carbons (Fsp3) is 0.500. The van der Waals surface area contributed by atoms with Crippen LogP contribution < -0.4 is 0 Å². The number of para-hydroxylation sites is 1. The lowest BCUT2D eigenvalue weighted by Crippen LogP contribution is -2.40. The minimum Gasteiger partial charge on any atom is -0.357 e. The van der Waals surface area contributed by atoms with E-state index in [1.165, 1.54) is 10.9 Å². The van der Waals surface area contributed by atoms with Crippen molar-refractivity contribution in [2.45, 2.75) is 53.0 Å². The van der Waals surface area contributed by atoms with Gasteiger partial charge < -0.3 is 9.88 Å². The van der Waals surface area contributed by atoms with Crippen LogP contribution in [0.15, 0.2) is 24.3 Å². The molecule has 1 aliphatic heterocycles. The second-order valence-electron chi connectivity index (χ2n) is 5.52. The maximum absolute atomic E-state index is 11.7. The second-order valence-corrected chi connectivity index (χ2v) is 5.52. The Morgan fingerprint density at radius 3 is 2.62 bits per heavy atom. The van der Waals surface area contributed by atoms with E-state index < -0.39 is 6.52 Å². The minimum atomic E-state index is -0.592. The van der Waals surface area contributed by atoms with E-state index in [0.717, 1.165) is 24.1 Å². The highest BCUT2D eigenvalue weighted by atomic mass is 16.2. The molecule has 2 aromatic rings. The molecule has 2 aliphatic rings. The Morgan fingerprint density at radius 1 is 1.33 bits per heavy atom. The Hall–Kier alpha value is -1.77. The van der Waals surface area contributed by atoms with Gasteiger partial charge in [0.1, 0.15) is 0 Å². The van der Waals surface area contributed by atoms with Crippen molar-refractivity contribution in [2.24, 2.45) is 0 Å². The van der Waals surface area contributed by atoms with E-state index in [4.69, 9.17) is 1.37 Å². The lowest BCUT2D eigenvalue weighted by atomic mass is 9.89. The molecule has 21 heavy (non-hydrogen) atoms. The van der Waals surface area contributed by atoms with Gasteiger partial charge in [0, 0.05) is 35.5 Å². The molecular formula is C18H26N2O. The first-order valence-corrected chi connectivity index (χ1v) is 7.43. The third-order valence-corrected chi connectivity index (χ3v) is 4.28. The number of hydrogen-bond acceptors (Lipinski definition) is 1. The molecule has 0 bridgehead atoms. The van der Waals surface area contributed by atoms with Crippen LogP contribution in [0.4, 0.5) is 0 Å². The van der Waals surface area contributed by atoms with Gasteiger partial charge >= 0.3 is 0 Å². The molecule has 1 spiro atoms. The van der Waals surface area contributed by atoms with Gasteiger partial charge in [0.05, 0.1) is 7.89 Å². The van der Waals surface area contributed by atoms with Crippen molar-refractivity contribution in [1.29, 1.82) is 0 Å². The number of amides is 1. The summed E-state index contributed by atoms with van der Waals surface area (Å²) in [5.74, 6) is -0.00409. The summed E-state index contributed by atoms with van der Waals surface area (Å²) in [4.78, 5) is 16.8. The monoisotopic (exact) mass is 287 g/mol. The van der Waals surface area contributed by atoms with E-state index in [-0.39, 0.29) is 18.7 Å². The molecule has 1 aliphatic carbocycles. The topological polar surface area (TPSA) is 36.1 Å². The van der Waals surface area contributed by atoms with Gasteiger partial charge in [-0.05, 0) is 24.5 Å². The largest absolute Gasteiger partial charge is 0.357 e. The Morgan fingerprint density at radius 2 is 2.00 bits per heavy atom. The molecule has 0 saturated heterocycles. The van der Waals surface area contributed by atoms with Gasteiger partial charge in [-0.2, -0.15) is 0 Å². The normalized spacial score (nSPS) is 21.8. The van der Waals surface area contributed by atoms with Crippen LogP contribution in [-0.2, 0) is 16.7 Å². The van der Waals surface area contributed by atoms with Gasteiger partial charge in [-0.1, -0.05) is 39.5 Å². The number of benzene rings is 1. The number of H-pyrrole nitrogens is 1. The third kappa shape index (κ3) is 2.35. The lowest BCUT2D eigenvalue weighted by Gasteiger charge is -2.32. The van der Waals surface area contributed by atoms with Crippen molar-refractivity contribution >= 4 is 16.8 Å². The number of rotatable bonds is 0. The summed E-state index contributed by atoms with van der Waals surface area (Å²) in [6.45, 7) is 5.67. The van der Waals surface area contributed by atoms with Crippen molar-refractivity contribution in [2.75, 3.05) is 6.54 Å². The van der Waals surface area contributed by atoms with Crippen LogP contribution in [0.25, 0.3) is 10.9 Å². The third-order valence-electron chi connectivity index (χ3n) is 4.28. The van der Waals surface area contributed by atoms with Crippen molar-refractivity contribution in [1.82, 2.24) is 9.88 Å². The zero-order chi connectivity index (χ0) is 15.2. The Balaban J connectivity index is 0.000000566. The molecule has 3 nitrogen and oxygen atoms in total. The van der Waals surface area contributed by atoms with E-state index in [9.17, 15) is 4.79 Å². The molecule has 4 rings (SSSR count).